The van der Waals surface area contributed by atoms with Gasteiger partial charge in [-0.25, -0.2) is 4.90 Å². The Morgan fingerprint density at radius 1 is 0.893 bits per heavy atom. The Morgan fingerprint density at radius 2 is 1.57 bits per heavy atom. The molecule has 3 aromatic carbocycles. The fourth-order valence-electron chi connectivity index (χ4n) is 3.01. The van der Waals surface area contributed by atoms with Gasteiger partial charge >= 0.3 is 0 Å². The maximum absolute atomic E-state index is 12.6. The van der Waals surface area contributed by atoms with E-state index in [1.807, 2.05) is 6.07 Å². The minimum Gasteiger partial charge on any atom is -0.322 e. The summed E-state index contributed by atoms with van der Waals surface area (Å²) in [6, 6.07) is 18.2. The van der Waals surface area contributed by atoms with Crippen LogP contribution in [0.15, 0.2) is 71.2 Å². The number of fused-ring (bicyclic) bond motifs is 1. The lowest BCUT2D eigenvalue weighted by Gasteiger charge is -2.16. The average Bonchev–Trinajstić information content (AvgIpc) is 2.93. The van der Waals surface area contributed by atoms with Gasteiger partial charge in [-0.15, -0.1) is 0 Å². The molecule has 28 heavy (non-hydrogen) atoms. The first-order valence-electron chi connectivity index (χ1n) is 8.30. The summed E-state index contributed by atoms with van der Waals surface area (Å²) >= 11 is 9.66. The molecule has 0 saturated heterocycles. The second-order valence-electron chi connectivity index (χ2n) is 6.12. The predicted molar refractivity (Wildman–Crippen MR) is 111 cm³/mol. The van der Waals surface area contributed by atoms with Crippen LogP contribution in [0.4, 0.5) is 11.4 Å². The van der Waals surface area contributed by atoms with Crippen LogP contribution < -0.4 is 10.2 Å². The number of hydrogen-bond acceptors (Lipinski definition) is 3. The molecule has 1 aliphatic rings. The van der Waals surface area contributed by atoms with Gasteiger partial charge in [0.2, 0.25) is 0 Å². The van der Waals surface area contributed by atoms with Gasteiger partial charge in [-0.3, -0.25) is 14.4 Å². The zero-order valence-corrected chi connectivity index (χ0v) is 16.6. The molecule has 0 spiro atoms. The van der Waals surface area contributed by atoms with Gasteiger partial charge in [0.25, 0.3) is 17.7 Å². The molecular formula is C21H12BrClN2O3. The van der Waals surface area contributed by atoms with Gasteiger partial charge in [0.1, 0.15) is 0 Å². The molecule has 3 aromatic rings. The van der Waals surface area contributed by atoms with Crippen molar-refractivity contribution in [1.29, 1.82) is 0 Å². The Hall–Kier alpha value is -2.96. The highest BCUT2D eigenvalue weighted by Crippen LogP contribution is 2.34. The first-order chi connectivity index (χ1) is 13.5. The Labute approximate surface area is 174 Å². The number of hydrogen-bond donors (Lipinski definition) is 1. The van der Waals surface area contributed by atoms with Crippen LogP contribution in [0.2, 0.25) is 5.02 Å². The maximum atomic E-state index is 12.6. The van der Waals surface area contributed by atoms with E-state index < -0.39 is 11.8 Å². The second kappa shape index (κ2) is 7.22. The largest absolute Gasteiger partial charge is 0.322 e. The SMILES string of the molecule is O=C(Nc1ccc(N2C(=O)c3ccccc3C2=O)c(Cl)c1)c1cccc(Br)c1. The molecule has 0 aromatic heterocycles. The van der Waals surface area contributed by atoms with Crippen LogP contribution in [-0.4, -0.2) is 17.7 Å². The zero-order chi connectivity index (χ0) is 19.8. The summed E-state index contributed by atoms with van der Waals surface area (Å²) in [5.74, 6) is -1.15. The summed E-state index contributed by atoms with van der Waals surface area (Å²) in [6.45, 7) is 0. The minimum atomic E-state index is -0.423. The van der Waals surface area contributed by atoms with Gasteiger partial charge in [0, 0.05) is 15.7 Å². The molecule has 0 radical (unpaired) electrons. The number of anilines is 2. The molecule has 0 bridgehead atoms. The fraction of sp³-hybridized carbons (Fsp3) is 0. The number of halogens is 2. The van der Waals surface area contributed by atoms with Crippen LogP contribution in [0.25, 0.3) is 0 Å². The summed E-state index contributed by atoms with van der Waals surface area (Å²) in [4.78, 5) is 38.6. The third-order valence-electron chi connectivity index (χ3n) is 4.33. The van der Waals surface area contributed by atoms with E-state index in [-0.39, 0.29) is 16.6 Å². The number of imide groups is 1. The van der Waals surface area contributed by atoms with Crippen molar-refractivity contribution in [3.8, 4) is 0 Å². The molecule has 0 unspecified atom stereocenters. The van der Waals surface area contributed by atoms with Gasteiger partial charge in [0.05, 0.1) is 21.8 Å². The fourth-order valence-corrected chi connectivity index (χ4v) is 3.67. The molecule has 1 N–H and O–H groups in total. The Balaban J connectivity index is 1.60. The molecule has 4 rings (SSSR count). The van der Waals surface area contributed by atoms with E-state index in [9.17, 15) is 14.4 Å². The van der Waals surface area contributed by atoms with Crippen LogP contribution in [-0.2, 0) is 0 Å². The van der Waals surface area contributed by atoms with Crippen LogP contribution in [0, 0.1) is 0 Å². The molecule has 0 aliphatic carbocycles. The molecule has 1 aliphatic heterocycles. The van der Waals surface area contributed by atoms with Gasteiger partial charge in [-0.05, 0) is 48.5 Å². The van der Waals surface area contributed by atoms with Crippen LogP contribution >= 0.6 is 27.5 Å². The standard InChI is InChI=1S/C21H12BrClN2O3/c22-13-5-3-4-12(10-13)19(26)24-14-8-9-18(17(23)11-14)25-20(27)15-6-1-2-7-16(15)21(25)28/h1-11H,(H,24,26). The second-order valence-corrected chi connectivity index (χ2v) is 7.44. The molecule has 0 saturated carbocycles. The molecule has 1 heterocycles. The van der Waals surface area contributed by atoms with Crippen molar-refractivity contribution in [1.82, 2.24) is 0 Å². The van der Waals surface area contributed by atoms with Crippen molar-refractivity contribution in [2.45, 2.75) is 0 Å². The predicted octanol–water partition coefficient (Wildman–Crippen LogP) is 5.16. The molecular weight excluding hydrogens is 444 g/mol. The highest BCUT2D eigenvalue weighted by Gasteiger charge is 2.37. The van der Waals surface area contributed by atoms with E-state index in [0.29, 0.717) is 22.4 Å². The summed E-state index contributed by atoms with van der Waals surface area (Å²) in [5, 5.41) is 2.93. The van der Waals surface area contributed by atoms with Crippen LogP contribution in [0.3, 0.4) is 0 Å². The third-order valence-corrected chi connectivity index (χ3v) is 5.12. The monoisotopic (exact) mass is 454 g/mol. The van der Waals surface area contributed by atoms with Crippen LogP contribution in [0.5, 0.6) is 0 Å². The number of amides is 3. The highest BCUT2D eigenvalue weighted by molar-refractivity contribution is 9.10. The molecule has 7 heteroatoms. The van der Waals surface area contributed by atoms with E-state index >= 15 is 0 Å². The topological polar surface area (TPSA) is 66.5 Å². The Bertz CT molecular complexity index is 1110. The Morgan fingerprint density at radius 3 is 2.18 bits per heavy atom. The van der Waals surface area contributed by atoms with Crippen molar-refractivity contribution < 1.29 is 14.4 Å². The molecule has 5 nitrogen and oxygen atoms in total. The quantitative estimate of drug-likeness (QED) is 0.555. The Kier molecular flexibility index (Phi) is 4.75. The molecule has 0 atom stereocenters. The van der Waals surface area contributed by atoms with E-state index in [2.05, 4.69) is 21.2 Å². The van der Waals surface area contributed by atoms with Crippen molar-refractivity contribution in [3.63, 3.8) is 0 Å². The lowest BCUT2D eigenvalue weighted by molar-refractivity contribution is 0.0924. The van der Waals surface area contributed by atoms with Crippen molar-refractivity contribution in [2.75, 3.05) is 10.2 Å². The number of rotatable bonds is 3. The lowest BCUT2D eigenvalue weighted by Crippen LogP contribution is -2.29. The summed E-state index contributed by atoms with van der Waals surface area (Å²) in [7, 11) is 0. The number of carbonyl (C=O) groups excluding carboxylic acids is 3. The normalized spacial score (nSPS) is 12.9. The number of nitrogens with one attached hydrogen (secondary N) is 1. The molecule has 138 valence electrons. The van der Waals surface area contributed by atoms with Gasteiger partial charge < -0.3 is 5.32 Å². The number of nitrogens with zero attached hydrogens (tertiary/aromatic N) is 1. The van der Waals surface area contributed by atoms with E-state index in [1.54, 1.807) is 54.6 Å². The summed E-state index contributed by atoms with van der Waals surface area (Å²) in [6.07, 6.45) is 0. The van der Waals surface area contributed by atoms with E-state index in [0.717, 1.165) is 9.37 Å². The van der Waals surface area contributed by atoms with Crippen molar-refractivity contribution in [2.24, 2.45) is 0 Å². The lowest BCUT2D eigenvalue weighted by atomic mass is 10.1. The first kappa shape index (κ1) is 18.4. The van der Waals surface area contributed by atoms with Gasteiger partial charge in [-0.1, -0.05) is 45.7 Å². The summed E-state index contributed by atoms with van der Waals surface area (Å²) in [5.41, 5.74) is 1.89. The van der Waals surface area contributed by atoms with Gasteiger partial charge in [-0.2, -0.15) is 0 Å². The van der Waals surface area contributed by atoms with Crippen molar-refractivity contribution in [3.05, 3.63) is 92.9 Å². The minimum absolute atomic E-state index is 0.182. The smallest absolute Gasteiger partial charge is 0.266 e. The van der Waals surface area contributed by atoms with E-state index in [1.165, 1.54) is 6.07 Å². The molecule has 3 amide bonds. The summed E-state index contributed by atoms with van der Waals surface area (Å²) < 4.78 is 0.791. The third kappa shape index (κ3) is 3.21. The van der Waals surface area contributed by atoms with Crippen molar-refractivity contribution >= 4 is 56.6 Å². The average molecular weight is 456 g/mol. The number of benzene rings is 3. The van der Waals surface area contributed by atoms with E-state index in [4.69, 9.17) is 11.6 Å². The zero-order valence-electron chi connectivity index (χ0n) is 14.3. The number of carbonyl (C=O) groups is 3. The van der Waals surface area contributed by atoms with Crippen LogP contribution in [0.1, 0.15) is 31.1 Å². The molecule has 0 fully saturated rings. The first-order valence-corrected chi connectivity index (χ1v) is 9.47. The maximum Gasteiger partial charge on any atom is 0.266 e. The highest BCUT2D eigenvalue weighted by atomic mass is 79.9. The van der Waals surface area contributed by atoms with Gasteiger partial charge in [0.15, 0.2) is 0 Å².